The van der Waals surface area contributed by atoms with Crippen molar-refractivity contribution in [3.05, 3.63) is 12.3 Å². The first-order chi connectivity index (χ1) is 10.0. The highest BCUT2D eigenvalue weighted by molar-refractivity contribution is 5.93. The predicted molar refractivity (Wildman–Crippen MR) is 79.9 cm³/mol. The maximum Gasteiger partial charge on any atom is 0.317 e. The highest BCUT2D eigenvalue weighted by atomic mass is 16.5. The number of nitrogens with zero attached hydrogens (tertiary/aromatic N) is 2. The van der Waals surface area contributed by atoms with E-state index in [-0.39, 0.29) is 24.4 Å². The van der Waals surface area contributed by atoms with Gasteiger partial charge in [-0.25, -0.2) is 4.79 Å². The van der Waals surface area contributed by atoms with Gasteiger partial charge in [0, 0.05) is 19.2 Å². The fourth-order valence-electron chi connectivity index (χ4n) is 1.78. The summed E-state index contributed by atoms with van der Waals surface area (Å²) in [6.45, 7) is 7.19. The number of nitrogens with one attached hydrogen (secondary N) is 2. The van der Waals surface area contributed by atoms with E-state index in [0.29, 0.717) is 18.9 Å². The van der Waals surface area contributed by atoms with E-state index in [1.165, 1.54) is 11.2 Å². The van der Waals surface area contributed by atoms with Gasteiger partial charge in [-0.3, -0.25) is 4.79 Å². The summed E-state index contributed by atoms with van der Waals surface area (Å²) in [4.78, 5) is 25.5. The van der Waals surface area contributed by atoms with Crippen LogP contribution < -0.4 is 10.6 Å². The SMILES string of the molecule is CCCCNC(=O)N(CC(=O)Nc1ccon1)CC(C)C. The molecular formula is C14H24N4O3. The van der Waals surface area contributed by atoms with Gasteiger partial charge in [0.15, 0.2) is 5.82 Å². The molecule has 0 spiro atoms. The van der Waals surface area contributed by atoms with Crippen LogP contribution in [0.1, 0.15) is 33.6 Å². The van der Waals surface area contributed by atoms with E-state index in [1.807, 2.05) is 13.8 Å². The molecule has 118 valence electrons. The van der Waals surface area contributed by atoms with Crippen molar-refractivity contribution < 1.29 is 14.1 Å². The number of rotatable bonds is 8. The lowest BCUT2D eigenvalue weighted by Gasteiger charge is -2.24. The average Bonchev–Trinajstić information content (AvgIpc) is 2.90. The number of hydrogen-bond acceptors (Lipinski definition) is 4. The predicted octanol–water partition coefficient (Wildman–Crippen LogP) is 2.08. The highest BCUT2D eigenvalue weighted by Gasteiger charge is 2.18. The monoisotopic (exact) mass is 296 g/mol. The van der Waals surface area contributed by atoms with Crippen molar-refractivity contribution >= 4 is 17.8 Å². The number of carbonyl (C=O) groups is 2. The lowest BCUT2D eigenvalue weighted by Crippen LogP contribution is -2.45. The van der Waals surface area contributed by atoms with Gasteiger partial charge < -0.3 is 20.1 Å². The van der Waals surface area contributed by atoms with Gasteiger partial charge in [0.25, 0.3) is 0 Å². The van der Waals surface area contributed by atoms with Crippen molar-refractivity contribution in [3.63, 3.8) is 0 Å². The molecule has 21 heavy (non-hydrogen) atoms. The maximum atomic E-state index is 12.1. The molecule has 1 rings (SSSR count). The quantitative estimate of drug-likeness (QED) is 0.719. The molecule has 7 heteroatoms. The van der Waals surface area contributed by atoms with Crippen molar-refractivity contribution in [3.8, 4) is 0 Å². The van der Waals surface area contributed by atoms with Gasteiger partial charge in [-0.05, 0) is 12.3 Å². The van der Waals surface area contributed by atoms with E-state index in [9.17, 15) is 9.59 Å². The first-order valence-electron chi connectivity index (χ1n) is 7.26. The Morgan fingerprint density at radius 3 is 2.76 bits per heavy atom. The van der Waals surface area contributed by atoms with Crippen molar-refractivity contribution in [1.29, 1.82) is 0 Å². The van der Waals surface area contributed by atoms with Crippen LogP contribution in [-0.4, -0.2) is 41.6 Å². The summed E-state index contributed by atoms with van der Waals surface area (Å²) in [6, 6.07) is 1.33. The van der Waals surface area contributed by atoms with Crippen molar-refractivity contribution in [2.24, 2.45) is 5.92 Å². The normalized spacial score (nSPS) is 10.5. The van der Waals surface area contributed by atoms with Gasteiger partial charge >= 0.3 is 6.03 Å². The highest BCUT2D eigenvalue weighted by Crippen LogP contribution is 2.03. The Bertz CT molecular complexity index is 431. The summed E-state index contributed by atoms with van der Waals surface area (Å²) in [6.07, 6.45) is 3.31. The van der Waals surface area contributed by atoms with Gasteiger partial charge in [-0.2, -0.15) is 0 Å². The third-order valence-electron chi connectivity index (χ3n) is 2.72. The Morgan fingerprint density at radius 1 is 1.43 bits per heavy atom. The first kappa shape index (κ1) is 17.0. The van der Waals surface area contributed by atoms with E-state index in [0.717, 1.165) is 12.8 Å². The van der Waals surface area contributed by atoms with Crippen LogP contribution in [-0.2, 0) is 4.79 Å². The van der Waals surface area contributed by atoms with E-state index in [1.54, 1.807) is 6.07 Å². The molecule has 0 atom stereocenters. The minimum Gasteiger partial charge on any atom is -0.363 e. The molecule has 0 aliphatic heterocycles. The molecule has 0 saturated heterocycles. The van der Waals surface area contributed by atoms with Gasteiger partial charge in [0.1, 0.15) is 12.8 Å². The lowest BCUT2D eigenvalue weighted by molar-refractivity contribution is -0.116. The molecule has 3 amide bonds. The van der Waals surface area contributed by atoms with Gasteiger partial charge in [-0.15, -0.1) is 0 Å². The number of carbonyl (C=O) groups excluding carboxylic acids is 2. The van der Waals surface area contributed by atoms with Crippen LogP contribution in [0.25, 0.3) is 0 Å². The number of hydrogen-bond donors (Lipinski definition) is 2. The molecule has 7 nitrogen and oxygen atoms in total. The van der Waals surface area contributed by atoms with Crippen LogP contribution in [0.4, 0.5) is 10.6 Å². The molecule has 0 bridgehead atoms. The molecule has 0 radical (unpaired) electrons. The smallest absolute Gasteiger partial charge is 0.317 e. The zero-order valence-electron chi connectivity index (χ0n) is 12.9. The van der Waals surface area contributed by atoms with Crippen LogP contribution in [0.5, 0.6) is 0 Å². The van der Waals surface area contributed by atoms with Crippen molar-refractivity contribution in [2.75, 3.05) is 25.0 Å². The second-order valence-corrected chi connectivity index (χ2v) is 5.29. The maximum absolute atomic E-state index is 12.1. The van der Waals surface area contributed by atoms with Gasteiger partial charge in [0.2, 0.25) is 5.91 Å². The van der Waals surface area contributed by atoms with Crippen LogP contribution in [0, 0.1) is 5.92 Å². The fourth-order valence-corrected chi connectivity index (χ4v) is 1.78. The molecule has 0 aliphatic rings. The second kappa shape index (κ2) is 8.99. The first-order valence-corrected chi connectivity index (χ1v) is 7.26. The minimum atomic E-state index is -0.296. The summed E-state index contributed by atoms with van der Waals surface area (Å²) < 4.78 is 4.64. The topological polar surface area (TPSA) is 87.5 Å². The molecule has 1 aromatic heterocycles. The Hall–Kier alpha value is -2.05. The van der Waals surface area contributed by atoms with Crippen LogP contribution in [0.15, 0.2) is 16.9 Å². The molecule has 0 unspecified atom stereocenters. The van der Waals surface area contributed by atoms with E-state index in [2.05, 4.69) is 27.2 Å². The number of aromatic nitrogens is 1. The van der Waals surface area contributed by atoms with E-state index < -0.39 is 0 Å². The van der Waals surface area contributed by atoms with Gasteiger partial charge in [0.05, 0.1) is 0 Å². The number of unbranched alkanes of at least 4 members (excludes halogenated alkanes) is 1. The summed E-state index contributed by atoms with van der Waals surface area (Å²) in [5, 5.41) is 9.01. The number of urea groups is 1. The number of amides is 3. The van der Waals surface area contributed by atoms with Crippen molar-refractivity contribution in [1.82, 2.24) is 15.4 Å². The lowest BCUT2D eigenvalue weighted by atomic mass is 10.2. The van der Waals surface area contributed by atoms with E-state index >= 15 is 0 Å². The molecule has 1 aromatic rings. The molecule has 1 heterocycles. The summed E-state index contributed by atoms with van der Waals surface area (Å²) in [7, 11) is 0. The third kappa shape index (κ3) is 6.78. The third-order valence-corrected chi connectivity index (χ3v) is 2.72. The standard InChI is InChI=1S/C14H24N4O3/c1-4-5-7-15-14(20)18(9-11(2)3)10-13(19)16-12-6-8-21-17-12/h6,8,11H,4-5,7,9-10H2,1-3H3,(H,15,20)(H,16,17,19). The average molecular weight is 296 g/mol. The van der Waals surface area contributed by atoms with Gasteiger partial charge in [-0.1, -0.05) is 32.3 Å². The molecule has 2 N–H and O–H groups in total. The molecule has 0 aliphatic carbocycles. The fraction of sp³-hybridized carbons (Fsp3) is 0.643. The van der Waals surface area contributed by atoms with Crippen LogP contribution in [0.2, 0.25) is 0 Å². The van der Waals surface area contributed by atoms with Crippen molar-refractivity contribution in [2.45, 2.75) is 33.6 Å². The molecule has 0 aromatic carbocycles. The van der Waals surface area contributed by atoms with E-state index in [4.69, 9.17) is 0 Å². The Labute approximate surface area is 125 Å². The zero-order chi connectivity index (χ0) is 15.7. The Balaban J connectivity index is 2.51. The summed E-state index contributed by atoms with van der Waals surface area (Å²) >= 11 is 0. The largest absolute Gasteiger partial charge is 0.363 e. The minimum absolute atomic E-state index is 0.0109. The van der Waals surface area contributed by atoms with Crippen LogP contribution in [0.3, 0.4) is 0 Å². The summed E-state index contributed by atoms with van der Waals surface area (Å²) in [5.41, 5.74) is 0. The molecule has 0 fully saturated rings. The molecule has 0 saturated carbocycles. The van der Waals surface area contributed by atoms with Crippen LogP contribution >= 0.6 is 0 Å². The Morgan fingerprint density at radius 2 is 2.19 bits per heavy atom. The molecular weight excluding hydrogens is 272 g/mol. The Kier molecular flexibility index (Phi) is 7.28. The second-order valence-electron chi connectivity index (χ2n) is 5.29. The number of anilines is 1. The zero-order valence-corrected chi connectivity index (χ0v) is 12.9. The summed E-state index contributed by atoms with van der Waals surface area (Å²) in [5.74, 6) is 0.327.